The van der Waals surface area contributed by atoms with Crippen molar-refractivity contribution in [1.29, 1.82) is 0 Å². The molecule has 0 amide bonds. The molecule has 5 heteroatoms. The fourth-order valence-corrected chi connectivity index (χ4v) is 2.54. The first-order valence-electron chi connectivity index (χ1n) is 4.80. The van der Waals surface area contributed by atoms with Crippen molar-refractivity contribution < 1.29 is 4.42 Å². The van der Waals surface area contributed by atoms with Crippen LogP contribution in [0.15, 0.2) is 10.7 Å². The molecule has 1 fully saturated rings. The molecular formula is C9H15N3OS. The van der Waals surface area contributed by atoms with E-state index in [0.29, 0.717) is 11.8 Å². The van der Waals surface area contributed by atoms with Crippen molar-refractivity contribution in [2.45, 2.75) is 18.7 Å². The van der Waals surface area contributed by atoms with Gasteiger partial charge in [-0.1, -0.05) is 6.92 Å². The molecule has 1 aromatic heterocycles. The molecular weight excluding hydrogens is 198 g/mol. The first kappa shape index (κ1) is 9.86. The number of hydrogen-bond donors (Lipinski definition) is 1. The van der Waals surface area contributed by atoms with Gasteiger partial charge in [0.15, 0.2) is 0 Å². The van der Waals surface area contributed by atoms with E-state index in [2.05, 4.69) is 16.8 Å². The van der Waals surface area contributed by atoms with Gasteiger partial charge in [0.2, 0.25) is 0 Å². The number of thioether (sulfide) groups is 1. The maximum atomic E-state index is 5.47. The average Bonchev–Trinajstić information content (AvgIpc) is 2.66. The normalized spacial score (nSPS) is 22.7. The van der Waals surface area contributed by atoms with Crippen molar-refractivity contribution in [2.75, 3.05) is 23.7 Å². The maximum Gasteiger partial charge on any atom is 0.297 e. The summed E-state index contributed by atoms with van der Waals surface area (Å²) in [4.78, 5) is 6.49. The summed E-state index contributed by atoms with van der Waals surface area (Å²) in [7, 11) is 0. The van der Waals surface area contributed by atoms with Crippen LogP contribution in [0, 0.1) is 0 Å². The monoisotopic (exact) mass is 213 g/mol. The topological polar surface area (TPSA) is 55.3 Å². The molecule has 1 unspecified atom stereocenters. The maximum absolute atomic E-state index is 5.47. The molecule has 0 bridgehead atoms. The minimum atomic E-state index is 0.446. The van der Waals surface area contributed by atoms with E-state index in [1.165, 1.54) is 0 Å². The van der Waals surface area contributed by atoms with Crippen LogP contribution in [0.3, 0.4) is 0 Å². The lowest BCUT2D eigenvalue weighted by Gasteiger charge is -2.28. The molecule has 1 aromatic rings. The van der Waals surface area contributed by atoms with Crippen molar-refractivity contribution in [3.05, 3.63) is 12.0 Å². The van der Waals surface area contributed by atoms with Gasteiger partial charge in [0.1, 0.15) is 6.26 Å². The summed E-state index contributed by atoms with van der Waals surface area (Å²) in [5.74, 6) is 1.14. The molecule has 2 N–H and O–H groups in total. The fourth-order valence-electron chi connectivity index (χ4n) is 1.53. The summed E-state index contributed by atoms with van der Waals surface area (Å²) in [5.41, 5.74) is 6.30. The quantitative estimate of drug-likeness (QED) is 0.796. The highest BCUT2D eigenvalue weighted by atomic mass is 32.2. The van der Waals surface area contributed by atoms with Crippen LogP contribution in [-0.2, 0) is 6.54 Å². The lowest BCUT2D eigenvalue weighted by Crippen LogP contribution is -2.36. The molecule has 0 radical (unpaired) electrons. The SMILES string of the molecule is CC1CN(c2nc(CN)co2)CCS1. The molecule has 1 saturated heterocycles. The van der Waals surface area contributed by atoms with Gasteiger partial charge in [0, 0.05) is 30.6 Å². The predicted octanol–water partition coefficient (Wildman–Crippen LogP) is 1.07. The Bertz CT molecular complexity index is 302. The van der Waals surface area contributed by atoms with Crippen LogP contribution in [0.1, 0.15) is 12.6 Å². The van der Waals surface area contributed by atoms with Crippen LogP contribution in [0.5, 0.6) is 0 Å². The molecule has 78 valence electrons. The lowest BCUT2D eigenvalue weighted by molar-refractivity contribution is 0.533. The second-order valence-corrected chi connectivity index (χ2v) is 5.00. The Morgan fingerprint density at radius 2 is 2.64 bits per heavy atom. The summed E-state index contributed by atoms with van der Waals surface area (Å²) in [5, 5.41) is 0.650. The van der Waals surface area contributed by atoms with Gasteiger partial charge < -0.3 is 15.1 Å². The van der Waals surface area contributed by atoms with E-state index >= 15 is 0 Å². The minimum Gasteiger partial charge on any atom is -0.432 e. The Kier molecular flexibility index (Phi) is 2.98. The first-order chi connectivity index (χ1) is 6.79. The van der Waals surface area contributed by atoms with Crippen LogP contribution in [-0.4, -0.2) is 29.1 Å². The van der Waals surface area contributed by atoms with E-state index in [-0.39, 0.29) is 0 Å². The van der Waals surface area contributed by atoms with Crippen LogP contribution in [0.2, 0.25) is 0 Å². The summed E-state index contributed by atoms with van der Waals surface area (Å²) in [6, 6.07) is 0.720. The number of oxazole rings is 1. The molecule has 14 heavy (non-hydrogen) atoms. The third kappa shape index (κ3) is 2.04. The van der Waals surface area contributed by atoms with E-state index in [1.807, 2.05) is 11.8 Å². The van der Waals surface area contributed by atoms with E-state index in [4.69, 9.17) is 10.2 Å². The number of aromatic nitrogens is 1. The average molecular weight is 213 g/mol. The van der Waals surface area contributed by atoms with Crippen LogP contribution in [0.25, 0.3) is 0 Å². The molecule has 1 atom stereocenters. The van der Waals surface area contributed by atoms with Crippen LogP contribution < -0.4 is 10.6 Å². The fraction of sp³-hybridized carbons (Fsp3) is 0.667. The third-order valence-corrected chi connectivity index (χ3v) is 3.40. The standard InChI is InChI=1S/C9H15N3OS/c1-7-5-12(2-3-14-7)9-11-8(4-10)6-13-9/h6-7H,2-5,10H2,1H3. The third-order valence-electron chi connectivity index (χ3n) is 2.26. The van der Waals surface area contributed by atoms with Gasteiger partial charge in [-0.05, 0) is 0 Å². The highest BCUT2D eigenvalue weighted by Crippen LogP contribution is 2.22. The molecule has 0 aromatic carbocycles. The number of hydrogen-bond acceptors (Lipinski definition) is 5. The number of rotatable bonds is 2. The van der Waals surface area contributed by atoms with Gasteiger partial charge in [0.05, 0.1) is 5.69 Å². The van der Waals surface area contributed by atoms with E-state index in [1.54, 1.807) is 6.26 Å². The van der Waals surface area contributed by atoms with Crippen LogP contribution >= 0.6 is 11.8 Å². The van der Waals surface area contributed by atoms with E-state index in [9.17, 15) is 0 Å². The molecule has 0 spiro atoms. The summed E-state index contributed by atoms with van der Waals surface area (Å²) < 4.78 is 5.37. The smallest absolute Gasteiger partial charge is 0.297 e. The lowest BCUT2D eigenvalue weighted by atomic mass is 10.4. The number of anilines is 1. The van der Waals surface area contributed by atoms with Crippen molar-refractivity contribution >= 4 is 17.8 Å². The molecule has 2 heterocycles. The van der Waals surface area contributed by atoms with Crippen molar-refractivity contribution in [2.24, 2.45) is 5.73 Å². The molecule has 1 aliphatic rings. The van der Waals surface area contributed by atoms with Gasteiger partial charge in [0.25, 0.3) is 6.01 Å². The van der Waals surface area contributed by atoms with Gasteiger partial charge >= 0.3 is 0 Å². The highest BCUT2D eigenvalue weighted by Gasteiger charge is 2.20. The molecule has 0 aliphatic carbocycles. The summed E-state index contributed by atoms with van der Waals surface area (Å²) in [6.07, 6.45) is 1.64. The van der Waals surface area contributed by atoms with Crippen molar-refractivity contribution in [3.63, 3.8) is 0 Å². The summed E-state index contributed by atoms with van der Waals surface area (Å²) >= 11 is 1.99. The number of nitrogens with two attached hydrogens (primary N) is 1. The van der Waals surface area contributed by atoms with Gasteiger partial charge in [-0.3, -0.25) is 0 Å². The van der Waals surface area contributed by atoms with Crippen molar-refractivity contribution in [1.82, 2.24) is 4.98 Å². The highest BCUT2D eigenvalue weighted by molar-refractivity contribution is 8.00. The summed E-state index contributed by atoms with van der Waals surface area (Å²) in [6.45, 7) is 4.69. The van der Waals surface area contributed by atoms with E-state index < -0.39 is 0 Å². The van der Waals surface area contributed by atoms with Gasteiger partial charge in [-0.15, -0.1) is 0 Å². The molecule has 2 rings (SSSR count). The Labute approximate surface area is 87.9 Å². The molecule has 1 aliphatic heterocycles. The van der Waals surface area contributed by atoms with Crippen LogP contribution in [0.4, 0.5) is 6.01 Å². The van der Waals surface area contributed by atoms with Crippen molar-refractivity contribution in [3.8, 4) is 0 Å². The molecule has 0 saturated carbocycles. The zero-order valence-electron chi connectivity index (χ0n) is 8.27. The molecule has 4 nitrogen and oxygen atoms in total. The second kappa shape index (κ2) is 4.23. The Hall–Kier alpha value is -0.680. The minimum absolute atomic E-state index is 0.446. The Morgan fingerprint density at radius 3 is 3.29 bits per heavy atom. The van der Waals surface area contributed by atoms with E-state index in [0.717, 1.165) is 30.6 Å². The van der Waals surface area contributed by atoms with Gasteiger partial charge in [-0.2, -0.15) is 16.7 Å². The zero-order chi connectivity index (χ0) is 9.97. The first-order valence-corrected chi connectivity index (χ1v) is 5.85. The number of nitrogens with zero attached hydrogens (tertiary/aromatic N) is 2. The Balaban J connectivity index is 2.06. The zero-order valence-corrected chi connectivity index (χ0v) is 9.09. The predicted molar refractivity (Wildman–Crippen MR) is 58.5 cm³/mol. The van der Waals surface area contributed by atoms with Gasteiger partial charge in [-0.25, -0.2) is 0 Å². The Morgan fingerprint density at radius 1 is 1.79 bits per heavy atom. The largest absolute Gasteiger partial charge is 0.432 e. The second-order valence-electron chi connectivity index (χ2n) is 3.45.